The molecule has 0 aliphatic rings. The van der Waals surface area contributed by atoms with E-state index in [2.05, 4.69) is 48.1 Å². The van der Waals surface area contributed by atoms with Gasteiger partial charge in [-0.2, -0.15) is 0 Å². The van der Waals surface area contributed by atoms with Gasteiger partial charge in [-0.3, -0.25) is 0 Å². The molecule has 5 nitrogen and oxygen atoms in total. The molecule has 0 amide bonds. The first-order valence-electron chi connectivity index (χ1n) is 10.4. The van der Waals surface area contributed by atoms with Gasteiger partial charge in [0.25, 0.3) is 0 Å². The SMILES string of the molecule is Cc1nc(C)c(C)c(-c2ccc3c(c2)oc2ccc(-c4nc(C)c(C)c(C)n4)cc23)n1. The van der Waals surface area contributed by atoms with E-state index in [1.165, 1.54) is 0 Å². The molecule has 0 spiro atoms. The Morgan fingerprint density at radius 3 is 2.00 bits per heavy atom. The van der Waals surface area contributed by atoms with Crippen molar-refractivity contribution in [1.29, 1.82) is 0 Å². The minimum atomic E-state index is 0.746. The molecule has 0 saturated carbocycles. The molecule has 154 valence electrons. The van der Waals surface area contributed by atoms with Crippen LogP contribution in [0.2, 0.25) is 0 Å². The Morgan fingerprint density at radius 1 is 0.581 bits per heavy atom. The van der Waals surface area contributed by atoms with E-state index in [0.29, 0.717) is 0 Å². The minimum Gasteiger partial charge on any atom is -0.456 e. The van der Waals surface area contributed by atoms with E-state index < -0.39 is 0 Å². The van der Waals surface area contributed by atoms with Gasteiger partial charge < -0.3 is 4.42 Å². The van der Waals surface area contributed by atoms with E-state index in [-0.39, 0.29) is 0 Å². The summed E-state index contributed by atoms with van der Waals surface area (Å²) in [6.45, 7) is 12.1. The van der Waals surface area contributed by atoms with Crippen LogP contribution in [0.15, 0.2) is 40.8 Å². The Balaban J connectivity index is 1.66. The number of benzene rings is 2. The van der Waals surface area contributed by atoms with Crippen molar-refractivity contribution < 1.29 is 4.42 Å². The molecule has 0 saturated heterocycles. The lowest BCUT2D eigenvalue weighted by atomic mass is 10.0. The lowest BCUT2D eigenvalue weighted by Gasteiger charge is -2.08. The number of fused-ring (bicyclic) bond motifs is 3. The first-order valence-corrected chi connectivity index (χ1v) is 10.4. The van der Waals surface area contributed by atoms with Gasteiger partial charge in [0.15, 0.2) is 5.82 Å². The van der Waals surface area contributed by atoms with Crippen LogP contribution in [0.3, 0.4) is 0 Å². The molecule has 5 heteroatoms. The quantitative estimate of drug-likeness (QED) is 0.340. The molecular formula is C26H24N4O. The maximum absolute atomic E-state index is 6.19. The van der Waals surface area contributed by atoms with Crippen molar-refractivity contribution in [3.05, 3.63) is 70.4 Å². The lowest BCUT2D eigenvalue weighted by molar-refractivity contribution is 0.669. The number of aryl methyl sites for hydroxylation is 4. The summed E-state index contributed by atoms with van der Waals surface area (Å²) in [5.74, 6) is 1.52. The summed E-state index contributed by atoms with van der Waals surface area (Å²) in [6.07, 6.45) is 0. The van der Waals surface area contributed by atoms with Gasteiger partial charge in [-0.05, 0) is 83.0 Å². The summed E-state index contributed by atoms with van der Waals surface area (Å²) >= 11 is 0. The van der Waals surface area contributed by atoms with Crippen LogP contribution in [0.5, 0.6) is 0 Å². The van der Waals surface area contributed by atoms with Crippen molar-refractivity contribution in [2.45, 2.75) is 41.5 Å². The Kier molecular flexibility index (Phi) is 4.36. The molecular weight excluding hydrogens is 384 g/mol. The molecule has 0 aliphatic heterocycles. The van der Waals surface area contributed by atoms with Gasteiger partial charge in [0.05, 0.1) is 5.69 Å². The third kappa shape index (κ3) is 3.17. The van der Waals surface area contributed by atoms with Crippen molar-refractivity contribution in [3.8, 4) is 22.6 Å². The Morgan fingerprint density at radius 2 is 1.26 bits per heavy atom. The summed E-state index contributed by atoms with van der Waals surface area (Å²) in [6, 6.07) is 12.4. The van der Waals surface area contributed by atoms with Gasteiger partial charge in [-0.15, -0.1) is 0 Å². The van der Waals surface area contributed by atoms with Gasteiger partial charge in [0, 0.05) is 39.0 Å². The highest BCUT2D eigenvalue weighted by Gasteiger charge is 2.14. The van der Waals surface area contributed by atoms with Crippen molar-refractivity contribution in [2.24, 2.45) is 0 Å². The Bertz CT molecular complexity index is 1470. The predicted molar refractivity (Wildman–Crippen MR) is 124 cm³/mol. The van der Waals surface area contributed by atoms with Crippen molar-refractivity contribution in [3.63, 3.8) is 0 Å². The molecule has 5 aromatic rings. The monoisotopic (exact) mass is 408 g/mol. The molecule has 0 radical (unpaired) electrons. The molecule has 5 rings (SSSR count). The van der Waals surface area contributed by atoms with Crippen LogP contribution >= 0.6 is 0 Å². The average Bonchev–Trinajstić information content (AvgIpc) is 3.11. The second kappa shape index (κ2) is 6.98. The fourth-order valence-corrected chi connectivity index (χ4v) is 4.01. The average molecular weight is 409 g/mol. The topological polar surface area (TPSA) is 64.7 Å². The maximum Gasteiger partial charge on any atom is 0.159 e. The van der Waals surface area contributed by atoms with Crippen LogP contribution in [0.25, 0.3) is 44.6 Å². The molecule has 2 aromatic carbocycles. The minimum absolute atomic E-state index is 0.746. The van der Waals surface area contributed by atoms with Crippen LogP contribution in [0.4, 0.5) is 0 Å². The van der Waals surface area contributed by atoms with Crippen molar-refractivity contribution in [1.82, 2.24) is 19.9 Å². The smallest absolute Gasteiger partial charge is 0.159 e. The molecule has 0 N–H and O–H groups in total. The molecule has 0 bridgehead atoms. The highest BCUT2D eigenvalue weighted by molar-refractivity contribution is 6.07. The number of hydrogen-bond donors (Lipinski definition) is 0. The van der Waals surface area contributed by atoms with Gasteiger partial charge in [0.1, 0.15) is 17.0 Å². The number of furan rings is 1. The fourth-order valence-electron chi connectivity index (χ4n) is 4.01. The summed E-state index contributed by atoms with van der Waals surface area (Å²) < 4.78 is 6.19. The van der Waals surface area contributed by atoms with Gasteiger partial charge in [0.2, 0.25) is 0 Å². The summed E-state index contributed by atoms with van der Waals surface area (Å²) in [7, 11) is 0. The number of hydrogen-bond acceptors (Lipinski definition) is 5. The van der Waals surface area contributed by atoms with Crippen molar-refractivity contribution >= 4 is 21.9 Å². The molecule has 0 fully saturated rings. The second-order valence-electron chi connectivity index (χ2n) is 8.20. The number of nitrogens with zero attached hydrogens (tertiary/aromatic N) is 4. The van der Waals surface area contributed by atoms with Gasteiger partial charge in [-0.25, -0.2) is 19.9 Å². The van der Waals surface area contributed by atoms with E-state index in [1.807, 2.05) is 39.8 Å². The molecule has 0 aliphatic carbocycles. The van der Waals surface area contributed by atoms with Gasteiger partial charge >= 0.3 is 0 Å². The summed E-state index contributed by atoms with van der Waals surface area (Å²) in [4.78, 5) is 18.5. The molecule has 0 atom stereocenters. The molecule has 0 unspecified atom stereocenters. The van der Waals surface area contributed by atoms with Crippen molar-refractivity contribution in [2.75, 3.05) is 0 Å². The van der Waals surface area contributed by atoms with E-state index in [0.717, 1.165) is 78.6 Å². The lowest BCUT2D eigenvalue weighted by Crippen LogP contribution is -1.99. The van der Waals surface area contributed by atoms with Crippen LogP contribution in [0, 0.1) is 41.5 Å². The van der Waals surface area contributed by atoms with E-state index in [4.69, 9.17) is 14.4 Å². The zero-order valence-corrected chi connectivity index (χ0v) is 18.7. The number of rotatable bonds is 2. The normalized spacial score (nSPS) is 11.5. The van der Waals surface area contributed by atoms with Crippen LogP contribution < -0.4 is 0 Å². The predicted octanol–water partition coefficient (Wildman–Crippen LogP) is 6.35. The third-order valence-electron chi connectivity index (χ3n) is 6.14. The number of aromatic nitrogens is 4. The highest BCUT2D eigenvalue weighted by Crippen LogP contribution is 2.35. The molecule has 3 heterocycles. The largest absolute Gasteiger partial charge is 0.456 e. The standard InChI is InChI=1S/C26H24N4O/c1-13-15(3)28-26(29-16(13)4)20-8-10-23-22(11-20)21-9-7-19(12-24(21)31-23)25-14(2)17(5)27-18(6)30-25/h7-12H,1-6H3. The summed E-state index contributed by atoms with van der Waals surface area (Å²) in [5.41, 5.74) is 9.91. The molecule has 3 aromatic heterocycles. The van der Waals surface area contributed by atoms with E-state index >= 15 is 0 Å². The fraction of sp³-hybridized carbons (Fsp3) is 0.231. The maximum atomic E-state index is 6.19. The third-order valence-corrected chi connectivity index (χ3v) is 6.14. The first-order chi connectivity index (χ1) is 14.8. The Labute approximate surface area is 181 Å². The van der Waals surface area contributed by atoms with Crippen LogP contribution in [-0.2, 0) is 0 Å². The van der Waals surface area contributed by atoms with E-state index in [9.17, 15) is 0 Å². The molecule has 31 heavy (non-hydrogen) atoms. The zero-order chi connectivity index (χ0) is 21.9. The van der Waals surface area contributed by atoms with Gasteiger partial charge in [-0.1, -0.05) is 6.07 Å². The summed E-state index contributed by atoms with van der Waals surface area (Å²) in [5, 5.41) is 2.13. The highest BCUT2D eigenvalue weighted by atomic mass is 16.3. The Hall–Kier alpha value is -3.60. The second-order valence-corrected chi connectivity index (χ2v) is 8.20. The van der Waals surface area contributed by atoms with E-state index in [1.54, 1.807) is 0 Å². The zero-order valence-electron chi connectivity index (χ0n) is 18.7. The van der Waals surface area contributed by atoms with Crippen LogP contribution in [-0.4, -0.2) is 19.9 Å². The van der Waals surface area contributed by atoms with Crippen LogP contribution in [0.1, 0.15) is 34.0 Å². The first kappa shape index (κ1) is 19.4.